The van der Waals surface area contributed by atoms with Crippen LogP contribution in [0.3, 0.4) is 0 Å². The van der Waals surface area contributed by atoms with E-state index in [1.54, 1.807) is 32.6 Å². The molecule has 1 heterocycles. The molecular formula is C17H25IN4O2S. The maximum Gasteiger partial charge on any atom is 0.191 e. The molecule has 0 unspecified atom stereocenters. The van der Waals surface area contributed by atoms with E-state index in [9.17, 15) is 0 Å². The SMILES string of the molecule is CN=C(NCc1ccc(OC)c(OC)c1)NCc1sc(C)nc1C.I. The lowest BCUT2D eigenvalue weighted by molar-refractivity contribution is 0.354. The van der Waals surface area contributed by atoms with E-state index in [0.717, 1.165) is 33.7 Å². The van der Waals surface area contributed by atoms with Crippen LogP contribution in [0.5, 0.6) is 11.5 Å². The molecule has 1 aromatic heterocycles. The van der Waals surface area contributed by atoms with E-state index >= 15 is 0 Å². The number of halogens is 1. The molecule has 0 saturated carbocycles. The minimum atomic E-state index is 0. The van der Waals surface area contributed by atoms with Crippen LogP contribution in [0, 0.1) is 13.8 Å². The van der Waals surface area contributed by atoms with Gasteiger partial charge in [0.25, 0.3) is 0 Å². The average molecular weight is 476 g/mol. The Balaban J connectivity index is 0.00000312. The van der Waals surface area contributed by atoms with Crippen LogP contribution in [0.1, 0.15) is 21.1 Å². The Labute approximate surface area is 170 Å². The van der Waals surface area contributed by atoms with E-state index in [1.165, 1.54) is 4.88 Å². The van der Waals surface area contributed by atoms with Crippen LogP contribution in [-0.2, 0) is 13.1 Å². The smallest absolute Gasteiger partial charge is 0.191 e. The first-order valence-electron chi connectivity index (χ1n) is 7.65. The summed E-state index contributed by atoms with van der Waals surface area (Å²) in [5, 5.41) is 7.69. The molecule has 2 rings (SSSR count). The highest BCUT2D eigenvalue weighted by molar-refractivity contribution is 14.0. The van der Waals surface area contributed by atoms with E-state index in [1.807, 2.05) is 32.0 Å². The predicted octanol–water partition coefficient (Wildman–Crippen LogP) is 3.26. The van der Waals surface area contributed by atoms with Crippen LogP contribution < -0.4 is 20.1 Å². The highest BCUT2D eigenvalue weighted by Crippen LogP contribution is 2.27. The summed E-state index contributed by atoms with van der Waals surface area (Å²) in [4.78, 5) is 9.91. The van der Waals surface area contributed by atoms with Crippen LogP contribution in [0.25, 0.3) is 0 Å². The van der Waals surface area contributed by atoms with Gasteiger partial charge in [0.1, 0.15) is 0 Å². The highest BCUT2D eigenvalue weighted by Gasteiger charge is 2.07. The highest BCUT2D eigenvalue weighted by atomic mass is 127. The molecule has 0 aliphatic rings. The fourth-order valence-electron chi connectivity index (χ4n) is 2.30. The van der Waals surface area contributed by atoms with Gasteiger partial charge in [0.15, 0.2) is 17.5 Å². The number of aliphatic imine (C=N–C) groups is 1. The normalized spacial score (nSPS) is 10.8. The molecule has 2 aromatic rings. The molecule has 6 nitrogen and oxygen atoms in total. The van der Waals surface area contributed by atoms with Crippen molar-refractivity contribution in [2.24, 2.45) is 4.99 Å². The van der Waals surface area contributed by atoms with Crippen molar-refractivity contribution in [1.29, 1.82) is 0 Å². The number of hydrogen-bond acceptors (Lipinski definition) is 5. The standard InChI is InChI=1S/C17H24N4O2S.HI/c1-11-16(24-12(2)21-11)10-20-17(18-3)19-9-13-6-7-14(22-4)15(8-13)23-5;/h6-8H,9-10H2,1-5H3,(H2,18,19,20);1H. The monoisotopic (exact) mass is 476 g/mol. The number of thiazole rings is 1. The second kappa shape index (κ2) is 10.4. The van der Waals surface area contributed by atoms with Gasteiger partial charge in [-0.2, -0.15) is 0 Å². The number of rotatable bonds is 6. The lowest BCUT2D eigenvalue weighted by Crippen LogP contribution is -2.36. The summed E-state index contributed by atoms with van der Waals surface area (Å²) < 4.78 is 10.6. The summed E-state index contributed by atoms with van der Waals surface area (Å²) in [6, 6.07) is 5.85. The third kappa shape index (κ3) is 6.03. The quantitative estimate of drug-likeness (QED) is 0.381. The molecule has 0 bridgehead atoms. The predicted molar refractivity (Wildman–Crippen MR) is 114 cm³/mol. The maximum absolute atomic E-state index is 5.33. The van der Waals surface area contributed by atoms with Crippen molar-refractivity contribution in [2.75, 3.05) is 21.3 Å². The van der Waals surface area contributed by atoms with Crippen LogP contribution in [0.4, 0.5) is 0 Å². The first-order chi connectivity index (χ1) is 11.6. The third-order valence-corrected chi connectivity index (χ3v) is 4.62. The Morgan fingerprint density at radius 3 is 2.36 bits per heavy atom. The van der Waals surface area contributed by atoms with Crippen LogP contribution >= 0.6 is 35.3 Å². The zero-order valence-corrected chi connectivity index (χ0v) is 18.3. The van der Waals surface area contributed by atoms with Gasteiger partial charge in [0.05, 0.1) is 31.5 Å². The summed E-state index contributed by atoms with van der Waals surface area (Å²) >= 11 is 1.70. The second-order valence-electron chi connectivity index (χ2n) is 5.21. The molecule has 8 heteroatoms. The Morgan fingerprint density at radius 1 is 1.12 bits per heavy atom. The number of benzene rings is 1. The van der Waals surface area contributed by atoms with E-state index < -0.39 is 0 Å². The van der Waals surface area contributed by atoms with Gasteiger partial charge >= 0.3 is 0 Å². The first-order valence-corrected chi connectivity index (χ1v) is 8.47. The number of nitrogens with zero attached hydrogens (tertiary/aromatic N) is 2. The zero-order chi connectivity index (χ0) is 17.5. The molecule has 138 valence electrons. The molecule has 0 amide bonds. The van der Waals surface area contributed by atoms with Crippen molar-refractivity contribution in [3.8, 4) is 11.5 Å². The molecule has 1 aromatic carbocycles. The molecule has 0 spiro atoms. The van der Waals surface area contributed by atoms with Crippen LogP contribution in [0.2, 0.25) is 0 Å². The number of aromatic nitrogens is 1. The fourth-order valence-corrected chi connectivity index (χ4v) is 3.18. The van der Waals surface area contributed by atoms with Gasteiger partial charge in [-0.3, -0.25) is 4.99 Å². The second-order valence-corrected chi connectivity index (χ2v) is 6.50. The van der Waals surface area contributed by atoms with Crippen LogP contribution in [-0.4, -0.2) is 32.2 Å². The average Bonchev–Trinajstić information content (AvgIpc) is 2.92. The van der Waals surface area contributed by atoms with E-state index in [0.29, 0.717) is 13.1 Å². The molecule has 0 aliphatic carbocycles. The van der Waals surface area contributed by atoms with Gasteiger partial charge in [-0.15, -0.1) is 35.3 Å². The first kappa shape index (κ1) is 21.5. The summed E-state index contributed by atoms with van der Waals surface area (Å²) in [6.07, 6.45) is 0. The van der Waals surface area contributed by atoms with Crippen molar-refractivity contribution in [1.82, 2.24) is 15.6 Å². The Hall–Kier alpha value is -1.55. The molecule has 25 heavy (non-hydrogen) atoms. The molecule has 0 aliphatic heterocycles. The number of guanidine groups is 1. The molecule has 0 atom stereocenters. The Bertz CT molecular complexity index is 719. The lowest BCUT2D eigenvalue weighted by Gasteiger charge is -2.13. The summed E-state index contributed by atoms with van der Waals surface area (Å²) in [5.74, 6) is 2.19. The summed E-state index contributed by atoms with van der Waals surface area (Å²) in [6.45, 7) is 5.40. The number of nitrogens with one attached hydrogen (secondary N) is 2. The van der Waals surface area contributed by atoms with Crippen molar-refractivity contribution < 1.29 is 9.47 Å². The van der Waals surface area contributed by atoms with Gasteiger partial charge in [-0.25, -0.2) is 4.98 Å². The number of aryl methyl sites for hydroxylation is 2. The largest absolute Gasteiger partial charge is 0.493 e. The maximum atomic E-state index is 5.33. The molecule has 2 N–H and O–H groups in total. The van der Waals surface area contributed by atoms with Crippen molar-refractivity contribution in [2.45, 2.75) is 26.9 Å². The van der Waals surface area contributed by atoms with Gasteiger partial charge in [0.2, 0.25) is 0 Å². The molecule has 0 radical (unpaired) electrons. The molecular weight excluding hydrogens is 451 g/mol. The van der Waals surface area contributed by atoms with Crippen LogP contribution in [0.15, 0.2) is 23.2 Å². The minimum absolute atomic E-state index is 0. The molecule has 0 saturated heterocycles. The lowest BCUT2D eigenvalue weighted by atomic mass is 10.2. The van der Waals surface area contributed by atoms with Crippen molar-refractivity contribution in [3.05, 3.63) is 39.3 Å². The van der Waals surface area contributed by atoms with E-state index in [-0.39, 0.29) is 24.0 Å². The Morgan fingerprint density at radius 2 is 1.80 bits per heavy atom. The van der Waals surface area contributed by atoms with Crippen molar-refractivity contribution >= 4 is 41.3 Å². The number of ether oxygens (including phenoxy) is 2. The Kier molecular flexibility index (Phi) is 8.98. The topological polar surface area (TPSA) is 67.8 Å². The summed E-state index contributed by atoms with van der Waals surface area (Å²) in [5.41, 5.74) is 2.15. The zero-order valence-electron chi connectivity index (χ0n) is 15.2. The minimum Gasteiger partial charge on any atom is -0.493 e. The fraction of sp³-hybridized carbons (Fsp3) is 0.412. The van der Waals surface area contributed by atoms with E-state index in [4.69, 9.17) is 9.47 Å². The number of hydrogen-bond donors (Lipinski definition) is 2. The van der Waals surface area contributed by atoms with Gasteiger partial charge < -0.3 is 20.1 Å². The summed E-state index contributed by atoms with van der Waals surface area (Å²) in [7, 11) is 5.02. The van der Waals surface area contributed by atoms with E-state index in [2.05, 4.69) is 20.6 Å². The number of methoxy groups -OCH3 is 2. The van der Waals surface area contributed by atoms with Gasteiger partial charge in [-0.1, -0.05) is 6.07 Å². The van der Waals surface area contributed by atoms with Gasteiger partial charge in [0, 0.05) is 18.5 Å². The van der Waals surface area contributed by atoms with Crippen molar-refractivity contribution in [3.63, 3.8) is 0 Å². The molecule has 0 fully saturated rings. The third-order valence-electron chi connectivity index (χ3n) is 3.55. The van der Waals surface area contributed by atoms with Gasteiger partial charge in [-0.05, 0) is 31.5 Å².